The molecule has 2 atom stereocenters. The number of benzene rings is 3. The standard InChI is InChI=1S/C33H36Cl2N2O6/c1-33(2,3)43-32(39)37-17-23-15-29-24(13-22(23)14-28(37)31(38)40-5)16-36(4)18-30(42-29)21-7-9-25(10-8-21)41-19-20-6-11-26(34)27(35)12-20/h6-13,15,28,30H,14,16-19H2,1-5H3/t28-,30+/m0/s1. The third-order valence-electron chi connectivity index (χ3n) is 7.44. The van der Waals surface area contributed by atoms with Crippen LogP contribution >= 0.6 is 23.2 Å². The topological polar surface area (TPSA) is 77.5 Å². The molecule has 3 aromatic rings. The number of hydrogen-bond donors (Lipinski definition) is 0. The summed E-state index contributed by atoms with van der Waals surface area (Å²) in [5.41, 5.74) is 4.18. The lowest BCUT2D eigenvalue weighted by Crippen LogP contribution is -2.50. The third-order valence-corrected chi connectivity index (χ3v) is 8.18. The molecule has 0 spiro atoms. The summed E-state index contributed by atoms with van der Waals surface area (Å²) in [5.74, 6) is 1.02. The maximum Gasteiger partial charge on any atom is 0.411 e. The van der Waals surface area contributed by atoms with Gasteiger partial charge in [0.2, 0.25) is 0 Å². The SMILES string of the molecule is COC(=O)[C@@H]1Cc2cc3c(cc2CN1C(=O)OC(C)(C)C)O[C@@H](c1ccc(OCc2ccc(Cl)c(Cl)c2)cc1)CN(C)C3. The van der Waals surface area contributed by atoms with Crippen molar-refractivity contribution in [3.8, 4) is 11.5 Å². The Balaban J connectivity index is 1.34. The summed E-state index contributed by atoms with van der Waals surface area (Å²) in [6.45, 7) is 7.35. The van der Waals surface area contributed by atoms with Gasteiger partial charge in [-0.3, -0.25) is 9.80 Å². The Morgan fingerprint density at radius 1 is 0.953 bits per heavy atom. The fourth-order valence-electron chi connectivity index (χ4n) is 5.34. The van der Waals surface area contributed by atoms with E-state index < -0.39 is 23.7 Å². The predicted molar refractivity (Wildman–Crippen MR) is 165 cm³/mol. The van der Waals surface area contributed by atoms with Crippen molar-refractivity contribution >= 4 is 35.3 Å². The van der Waals surface area contributed by atoms with Crippen molar-refractivity contribution in [1.82, 2.24) is 9.80 Å². The average molecular weight is 628 g/mol. The van der Waals surface area contributed by atoms with Gasteiger partial charge in [-0.05, 0) is 80.4 Å². The average Bonchev–Trinajstić information content (AvgIpc) is 3.12. The van der Waals surface area contributed by atoms with Crippen LogP contribution < -0.4 is 9.47 Å². The van der Waals surface area contributed by atoms with Crippen LogP contribution in [-0.2, 0) is 40.4 Å². The van der Waals surface area contributed by atoms with E-state index in [1.165, 1.54) is 12.0 Å². The van der Waals surface area contributed by atoms with Crippen LogP contribution in [0.5, 0.6) is 11.5 Å². The number of hydrogen-bond acceptors (Lipinski definition) is 7. The Labute approximate surface area is 262 Å². The first-order valence-corrected chi connectivity index (χ1v) is 14.9. The summed E-state index contributed by atoms with van der Waals surface area (Å²) in [5, 5.41) is 1.01. The normalized spacial score (nSPS) is 18.5. The highest BCUT2D eigenvalue weighted by Crippen LogP contribution is 2.37. The van der Waals surface area contributed by atoms with E-state index in [0.717, 1.165) is 39.3 Å². The van der Waals surface area contributed by atoms with E-state index in [0.29, 0.717) is 36.2 Å². The highest BCUT2D eigenvalue weighted by Gasteiger charge is 2.38. The minimum atomic E-state index is -0.764. The first kappa shape index (κ1) is 31.0. The fourth-order valence-corrected chi connectivity index (χ4v) is 5.66. The first-order chi connectivity index (χ1) is 20.4. The lowest BCUT2D eigenvalue weighted by Gasteiger charge is -2.36. The molecule has 0 bridgehead atoms. The van der Waals surface area contributed by atoms with Crippen LogP contribution in [0.2, 0.25) is 10.0 Å². The molecule has 0 N–H and O–H groups in total. The van der Waals surface area contributed by atoms with Gasteiger partial charge >= 0.3 is 12.1 Å². The monoisotopic (exact) mass is 626 g/mol. The summed E-state index contributed by atoms with van der Waals surface area (Å²) in [6, 6.07) is 16.6. The second-order valence-corrected chi connectivity index (χ2v) is 12.8. The summed E-state index contributed by atoms with van der Waals surface area (Å²) < 4.78 is 23.2. The highest BCUT2D eigenvalue weighted by atomic mass is 35.5. The van der Waals surface area contributed by atoms with Crippen molar-refractivity contribution in [2.45, 2.75) is 64.6 Å². The Kier molecular flexibility index (Phi) is 9.11. The fraction of sp³-hybridized carbons (Fsp3) is 0.394. The van der Waals surface area contributed by atoms with Crippen LogP contribution in [-0.4, -0.2) is 54.2 Å². The van der Waals surface area contributed by atoms with E-state index >= 15 is 0 Å². The van der Waals surface area contributed by atoms with E-state index in [9.17, 15) is 9.59 Å². The molecule has 0 fully saturated rings. The molecular weight excluding hydrogens is 591 g/mol. The zero-order valence-corrected chi connectivity index (χ0v) is 26.5. The number of likely N-dealkylation sites (N-methyl/N-ethyl adjacent to an activating group) is 1. The lowest BCUT2D eigenvalue weighted by atomic mass is 9.92. The predicted octanol–water partition coefficient (Wildman–Crippen LogP) is 6.97. The summed E-state index contributed by atoms with van der Waals surface area (Å²) in [7, 11) is 3.39. The molecule has 0 unspecified atom stereocenters. The maximum absolute atomic E-state index is 13.1. The molecule has 1 amide bonds. The van der Waals surface area contributed by atoms with Crippen LogP contribution in [0.3, 0.4) is 0 Å². The number of rotatable bonds is 5. The Hall–Kier alpha value is -3.46. The second kappa shape index (κ2) is 12.6. The van der Waals surface area contributed by atoms with Crippen LogP contribution in [0.4, 0.5) is 4.79 Å². The van der Waals surface area contributed by atoms with Gasteiger partial charge in [0.05, 0.1) is 23.7 Å². The van der Waals surface area contributed by atoms with Gasteiger partial charge in [-0.1, -0.05) is 47.5 Å². The molecule has 228 valence electrons. The summed E-state index contributed by atoms with van der Waals surface area (Å²) in [6.07, 6.45) is -0.434. The molecule has 0 saturated carbocycles. The van der Waals surface area contributed by atoms with Crippen LogP contribution in [0.15, 0.2) is 54.6 Å². The second-order valence-electron chi connectivity index (χ2n) is 12.0. The van der Waals surface area contributed by atoms with E-state index in [1.807, 2.05) is 36.4 Å². The van der Waals surface area contributed by atoms with Gasteiger partial charge in [0.15, 0.2) is 0 Å². The van der Waals surface area contributed by atoms with E-state index in [1.54, 1.807) is 32.9 Å². The van der Waals surface area contributed by atoms with E-state index in [2.05, 4.69) is 18.0 Å². The summed E-state index contributed by atoms with van der Waals surface area (Å²) in [4.78, 5) is 29.5. The van der Waals surface area contributed by atoms with Gasteiger partial charge in [-0.15, -0.1) is 0 Å². The van der Waals surface area contributed by atoms with E-state index in [-0.39, 0.29) is 12.6 Å². The van der Waals surface area contributed by atoms with Crippen LogP contribution in [0.1, 0.15) is 54.7 Å². The smallest absolute Gasteiger partial charge is 0.411 e. The van der Waals surface area contributed by atoms with Gasteiger partial charge in [0.1, 0.15) is 35.9 Å². The van der Waals surface area contributed by atoms with Crippen molar-refractivity contribution in [2.24, 2.45) is 0 Å². The molecule has 2 aliphatic rings. The molecule has 0 saturated heterocycles. The number of esters is 1. The van der Waals surface area contributed by atoms with Crippen molar-refractivity contribution in [3.63, 3.8) is 0 Å². The van der Waals surface area contributed by atoms with Crippen molar-refractivity contribution in [3.05, 3.63) is 92.5 Å². The van der Waals surface area contributed by atoms with Crippen molar-refractivity contribution in [1.29, 1.82) is 0 Å². The maximum atomic E-state index is 13.1. The van der Waals surface area contributed by atoms with Gasteiger partial charge in [0.25, 0.3) is 0 Å². The Morgan fingerprint density at radius 3 is 2.37 bits per heavy atom. The molecular formula is C33H36Cl2N2O6. The molecule has 8 nitrogen and oxygen atoms in total. The molecule has 3 aromatic carbocycles. The van der Waals surface area contributed by atoms with Gasteiger partial charge in [-0.2, -0.15) is 0 Å². The number of carbonyl (C=O) groups excluding carboxylic acids is 2. The zero-order chi connectivity index (χ0) is 30.9. The number of fused-ring (bicyclic) bond motifs is 2. The molecule has 43 heavy (non-hydrogen) atoms. The Bertz CT molecular complexity index is 1500. The van der Waals surface area contributed by atoms with Gasteiger partial charge in [0, 0.05) is 25.1 Å². The lowest BCUT2D eigenvalue weighted by molar-refractivity contribution is -0.147. The number of carbonyl (C=O) groups is 2. The van der Waals surface area contributed by atoms with Gasteiger partial charge < -0.3 is 18.9 Å². The zero-order valence-electron chi connectivity index (χ0n) is 25.0. The largest absolute Gasteiger partial charge is 0.489 e. The third kappa shape index (κ3) is 7.37. The molecule has 2 heterocycles. The van der Waals surface area contributed by atoms with Crippen molar-refractivity contribution < 1.29 is 28.5 Å². The first-order valence-electron chi connectivity index (χ1n) is 14.1. The van der Waals surface area contributed by atoms with Gasteiger partial charge in [-0.25, -0.2) is 9.59 Å². The minimum absolute atomic E-state index is 0.214. The molecule has 10 heteroatoms. The summed E-state index contributed by atoms with van der Waals surface area (Å²) >= 11 is 12.1. The van der Waals surface area contributed by atoms with Crippen LogP contribution in [0.25, 0.3) is 0 Å². The number of ether oxygens (including phenoxy) is 4. The molecule has 0 aliphatic carbocycles. The minimum Gasteiger partial charge on any atom is -0.489 e. The van der Waals surface area contributed by atoms with Crippen LogP contribution in [0, 0.1) is 0 Å². The number of amides is 1. The molecule has 0 radical (unpaired) electrons. The Morgan fingerprint density at radius 2 is 1.70 bits per heavy atom. The van der Waals surface area contributed by atoms with Crippen molar-refractivity contribution in [2.75, 3.05) is 20.7 Å². The molecule has 5 rings (SSSR count). The quantitative estimate of drug-likeness (QED) is 0.283. The highest BCUT2D eigenvalue weighted by molar-refractivity contribution is 6.42. The van der Waals surface area contributed by atoms with E-state index in [4.69, 9.17) is 42.1 Å². The number of nitrogens with zero attached hydrogens (tertiary/aromatic N) is 2. The molecule has 2 aliphatic heterocycles. The number of halogens is 2. The molecule has 0 aromatic heterocycles. The number of methoxy groups -OCH3 is 1.